The van der Waals surface area contributed by atoms with E-state index in [1.54, 1.807) is 7.11 Å². The molecule has 1 aromatic rings. The number of carboxylic acids is 1. The van der Waals surface area contributed by atoms with Gasteiger partial charge in [0.1, 0.15) is 5.75 Å². The lowest BCUT2D eigenvalue weighted by Gasteiger charge is -2.34. The molecule has 4 heteroatoms. The van der Waals surface area contributed by atoms with Gasteiger partial charge in [-0.3, -0.25) is 4.79 Å². The molecule has 2 rings (SSSR count). The molecule has 104 valence electrons. The molecule has 3 nitrogen and oxygen atoms in total. The van der Waals surface area contributed by atoms with E-state index in [9.17, 15) is 9.90 Å². The number of hydrogen-bond donors (Lipinski definition) is 1. The highest BCUT2D eigenvalue weighted by Crippen LogP contribution is 2.45. The molecule has 0 heterocycles. The molecule has 1 aromatic carbocycles. The van der Waals surface area contributed by atoms with Crippen molar-refractivity contribution in [2.45, 2.75) is 44.4 Å². The Kier molecular flexibility index (Phi) is 4.19. The first-order chi connectivity index (χ1) is 9.03. The van der Waals surface area contributed by atoms with E-state index in [1.165, 1.54) is 0 Å². The molecular weight excluding hydrogens is 308 g/mol. The monoisotopic (exact) mass is 326 g/mol. The molecule has 1 fully saturated rings. The van der Waals surface area contributed by atoms with E-state index in [-0.39, 0.29) is 0 Å². The van der Waals surface area contributed by atoms with Crippen molar-refractivity contribution in [1.29, 1.82) is 0 Å². The molecule has 1 N–H and O–H groups in total. The van der Waals surface area contributed by atoms with E-state index >= 15 is 0 Å². The molecule has 19 heavy (non-hydrogen) atoms. The van der Waals surface area contributed by atoms with E-state index in [1.807, 2.05) is 19.1 Å². The van der Waals surface area contributed by atoms with Gasteiger partial charge in [-0.25, -0.2) is 0 Å². The van der Waals surface area contributed by atoms with Crippen LogP contribution in [0.4, 0.5) is 0 Å². The Morgan fingerprint density at radius 2 is 1.95 bits per heavy atom. The Morgan fingerprint density at radius 1 is 1.32 bits per heavy atom. The van der Waals surface area contributed by atoms with Gasteiger partial charge < -0.3 is 9.84 Å². The fourth-order valence-corrected chi connectivity index (χ4v) is 4.01. The first-order valence-electron chi connectivity index (χ1n) is 6.60. The van der Waals surface area contributed by atoms with Gasteiger partial charge in [-0.15, -0.1) is 0 Å². The van der Waals surface area contributed by atoms with E-state index in [0.29, 0.717) is 12.8 Å². The Balaban J connectivity index is 2.57. The van der Waals surface area contributed by atoms with Crippen LogP contribution >= 0.6 is 15.9 Å². The Hall–Kier alpha value is -1.03. The smallest absolute Gasteiger partial charge is 0.314 e. The van der Waals surface area contributed by atoms with Gasteiger partial charge in [0.15, 0.2) is 0 Å². The van der Waals surface area contributed by atoms with Gasteiger partial charge in [0.25, 0.3) is 0 Å². The molecule has 0 saturated heterocycles. The molecule has 0 amide bonds. The average Bonchev–Trinajstić information content (AvgIpc) is 2.40. The number of rotatable bonds is 3. The lowest BCUT2D eigenvalue weighted by molar-refractivity contribution is -0.145. The summed E-state index contributed by atoms with van der Waals surface area (Å²) in [5.74, 6) is 0.0162. The van der Waals surface area contributed by atoms with E-state index in [0.717, 1.165) is 40.6 Å². The second kappa shape index (κ2) is 5.53. The summed E-state index contributed by atoms with van der Waals surface area (Å²) < 4.78 is 6.18. The Bertz CT molecular complexity index is 490. The summed E-state index contributed by atoms with van der Waals surface area (Å²) in [7, 11) is 1.62. The summed E-state index contributed by atoms with van der Waals surface area (Å²) in [5.41, 5.74) is 1.09. The maximum Gasteiger partial charge on any atom is 0.314 e. The van der Waals surface area contributed by atoms with Gasteiger partial charge in [0, 0.05) is 0 Å². The van der Waals surface area contributed by atoms with E-state index in [2.05, 4.69) is 15.9 Å². The number of methoxy groups -OCH3 is 1. The highest BCUT2D eigenvalue weighted by molar-refractivity contribution is 9.10. The van der Waals surface area contributed by atoms with Gasteiger partial charge in [-0.1, -0.05) is 31.4 Å². The van der Waals surface area contributed by atoms with Gasteiger partial charge >= 0.3 is 5.97 Å². The summed E-state index contributed by atoms with van der Waals surface area (Å²) in [5, 5.41) is 9.74. The topological polar surface area (TPSA) is 46.5 Å². The van der Waals surface area contributed by atoms with Crippen molar-refractivity contribution >= 4 is 21.9 Å². The number of ether oxygens (including phenoxy) is 1. The molecule has 0 radical (unpaired) electrons. The van der Waals surface area contributed by atoms with Gasteiger partial charge in [-0.2, -0.15) is 0 Å². The number of halogens is 1. The Labute approximate surface area is 122 Å². The number of aliphatic carboxylic acids is 1. The summed E-state index contributed by atoms with van der Waals surface area (Å²) >= 11 is 3.54. The largest absolute Gasteiger partial charge is 0.495 e. The second-order valence-corrected chi connectivity index (χ2v) is 6.02. The van der Waals surface area contributed by atoms with Gasteiger partial charge in [0.2, 0.25) is 0 Å². The number of carboxylic acid groups (broad SMARTS) is 1. The van der Waals surface area contributed by atoms with Crippen LogP contribution in [-0.4, -0.2) is 18.2 Å². The van der Waals surface area contributed by atoms with Crippen LogP contribution in [0.15, 0.2) is 16.6 Å². The summed E-state index contributed by atoms with van der Waals surface area (Å²) in [6.07, 6.45) is 4.46. The molecule has 0 bridgehead atoms. The lowest BCUT2D eigenvalue weighted by Crippen LogP contribution is -2.38. The molecule has 1 aliphatic rings. The zero-order valence-electron chi connectivity index (χ0n) is 11.3. The predicted octanol–water partition coefficient (Wildman–Crippen LogP) is 4.05. The summed E-state index contributed by atoms with van der Waals surface area (Å²) in [6, 6.07) is 3.87. The van der Waals surface area contributed by atoms with Crippen molar-refractivity contribution in [3.63, 3.8) is 0 Å². The van der Waals surface area contributed by atoms with E-state index < -0.39 is 11.4 Å². The van der Waals surface area contributed by atoms with E-state index in [4.69, 9.17) is 4.74 Å². The summed E-state index contributed by atoms with van der Waals surface area (Å²) in [4.78, 5) is 11.9. The third kappa shape index (κ3) is 2.38. The average molecular weight is 327 g/mol. The fourth-order valence-electron chi connectivity index (χ4n) is 3.03. The Morgan fingerprint density at radius 3 is 2.47 bits per heavy atom. The molecule has 0 unspecified atom stereocenters. The SMILES string of the molecule is COc1c(C)ccc(C2(C(=O)O)CCCCC2)c1Br. The van der Waals surface area contributed by atoms with Crippen LogP contribution in [0.2, 0.25) is 0 Å². The quantitative estimate of drug-likeness (QED) is 0.911. The molecule has 0 atom stereocenters. The van der Waals surface area contributed by atoms with Gasteiger partial charge in [-0.05, 0) is 46.8 Å². The first-order valence-corrected chi connectivity index (χ1v) is 7.39. The van der Waals surface area contributed by atoms with Crippen LogP contribution in [-0.2, 0) is 10.2 Å². The zero-order chi connectivity index (χ0) is 14.0. The number of hydrogen-bond acceptors (Lipinski definition) is 2. The fraction of sp³-hybridized carbons (Fsp3) is 0.533. The predicted molar refractivity (Wildman–Crippen MR) is 77.8 cm³/mol. The summed E-state index contributed by atoms with van der Waals surface area (Å²) in [6.45, 7) is 1.96. The maximum atomic E-state index is 11.9. The van der Waals surface area contributed by atoms with Crippen molar-refractivity contribution in [3.05, 3.63) is 27.7 Å². The van der Waals surface area contributed by atoms with Crippen molar-refractivity contribution in [2.24, 2.45) is 0 Å². The highest BCUT2D eigenvalue weighted by atomic mass is 79.9. The minimum absolute atomic E-state index is 0.702. The molecule has 0 aliphatic heterocycles. The third-order valence-corrected chi connectivity index (χ3v) is 4.92. The standard InChI is InChI=1S/C15H19BrO3/c1-10-6-7-11(12(16)13(10)19-2)15(14(17)18)8-4-3-5-9-15/h6-7H,3-5,8-9H2,1-2H3,(H,17,18). The lowest BCUT2D eigenvalue weighted by atomic mass is 9.69. The van der Waals surface area contributed by atoms with Crippen molar-refractivity contribution in [1.82, 2.24) is 0 Å². The third-order valence-electron chi connectivity index (χ3n) is 4.13. The molecule has 1 aliphatic carbocycles. The van der Waals surface area contributed by atoms with Crippen LogP contribution in [0.1, 0.15) is 43.2 Å². The van der Waals surface area contributed by atoms with Crippen LogP contribution in [0.3, 0.4) is 0 Å². The van der Waals surface area contributed by atoms with Crippen molar-refractivity contribution < 1.29 is 14.6 Å². The van der Waals surface area contributed by atoms with Crippen molar-refractivity contribution in [2.75, 3.05) is 7.11 Å². The van der Waals surface area contributed by atoms with Crippen molar-refractivity contribution in [3.8, 4) is 5.75 Å². The molecule has 1 saturated carbocycles. The number of aryl methyl sites for hydroxylation is 1. The zero-order valence-corrected chi connectivity index (χ0v) is 12.9. The van der Waals surface area contributed by atoms with Crippen LogP contribution < -0.4 is 4.74 Å². The molecule has 0 spiro atoms. The molecular formula is C15H19BrO3. The number of carbonyl (C=O) groups is 1. The number of benzene rings is 1. The first kappa shape index (κ1) is 14.4. The highest BCUT2D eigenvalue weighted by Gasteiger charge is 2.43. The maximum absolute atomic E-state index is 11.9. The minimum atomic E-state index is -0.766. The normalized spacial score (nSPS) is 18.1. The van der Waals surface area contributed by atoms with Gasteiger partial charge in [0.05, 0.1) is 17.0 Å². The minimum Gasteiger partial charge on any atom is -0.495 e. The van der Waals surface area contributed by atoms with Crippen LogP contribution in [0.5, 0.6) is 5.75 Å². The van der Waals surface area contributed by atoms with Crippen LogP contribution in [0, 0.1) is 6.92 Å². The second-order valence-electron chi connectivity index (χ2n) is 5.23. The van der Waals surface area contributed by atoms with Crippen LogP contribution in [0.25, 0.3) is 0 Å². The molecule has 0 aromatic heterocycles.